The predicted molar refractivity (Wildman–Crippen MR) is 95.3 cm³/mol. The van der Waals surface area contributed by atoms with E-state index in [1.54, 1.807) is 13.2 Å². The minimum Gasteiger partial charge on any atom is -0.381 e. The van der Waals surface area contributed by atoms with Gasteiger partial charge in [-0.2, -0.15) is 0 Å². The van der Waals surface area contributed by atoms with Crippen molar-refractivity contribution < 1.29 is 17.9 Å². The van der Waals surface area contributed by atoms with Crippen LogP contribution in [0.2, 0.25) is 10.0 Å². The van der Waals surface area contributed by atoms with E-state index in [9.17, 15) is 13.2 Å². The summed E-state index contributed by atoms with van der Waals surface area (Å²) >= 11 is 11.9. The first-order valence-corrected chi connectivity index (χ1v) is 10.3. The average molecular weight is 407 g/mol. The number of nitrogens with one attached hydrogen (secondary N) is 1. The Balaban J connectivity index is 1.69. The molecule has 1 aromatic carbocycles. The molecule has 25 heavy (non-hydrogen) atoms. The number of ether oxygens (including phenoxy) is 1. The van der Waals surface area contributed by atoms with Gasteiger partial charge in [-0.15, -0.1) is 0 Å². The summed E-state index contributed by atoms with van der Waals surface area (Å²) in [5, 5.41) is 0.0434. The maximum Gasteiger partial charge on any atom is 0.244 e. The fourth-order valence-electron chi connectivity index (χ4n) is 3.79. The van der Waals surface area contributed by atoms with E-state index < -0.39 is 10.0 Å². The Labute approximate surface area is 157 Å². The number of carbonyl (C=O) groups is 1. The van der Waals surface area contributed by atoms with Gasteiger partial charge >= 0.3 is 0 Å². The number of halogens is 2. The highest BCUT2D eigenvalue weighted by Gasteiger charge is 2.43. The zero-order chi connectivity index (χ0) is 18.2. The molecule has 2 unspecified atom stereocenters. The van der Waals surface area contributed by atoms with Gasteiger partial charge in [-0.3, -0.25) is 4.79 Å². The summed E-state index contributed by atoms with van der Waals surface area (Å²) < 4.78 is 32.7. The van der Waals surface area contributed by atoms with Crippen LogP contribution in [0.4, 0.5) is 0 Å². The van der Waals surface area contributed by atoms with Crippen LogP contribution in [0.25, 0.3) is 0 Å². The fourth-order valence-corrected chi connectivity index (χ4v) is 5.90. The number of sulfonamides is 1. The van der Waals surface area contributed by atoms with Crippen LogP contribution in [0.3, 0.4) is 0 Å². The van der Waals surface area contributed by atoms with E-state index in [1.807, 2.05) is 4.90 Å². The summed E-state index contributed by atoms with van der Waals surface area (Å²) in [4.78, 5) is 14.2. The van der Waals surface area contributed by atoms with Crippen molar-refractivity contribution in [2.45, 2.75) is 48.8 Å². The highest BCUT2D eigenvalue weighted by Crippen LogP contribution is 2.36. The third-order valence-corrected chi connectivity index (χ3v) is 7.27. The van der Waals surface area contributed by atoms with E-state index in [0.29, 0.717) is 0 Å². The number of piperidine rings is 1. The zero-order valence-corrected chi connectivity index (χ0v) is 16.1. The van der Waals surface area contributed by atoms with Crippen LogP contribution in [-0.4, -0.2) is 51.1 Å². The van der Waals surface area contributed by atoms with E-state index in [0.717, 1.165) is 25.7 Å². The van der Waals surface area contributed by atoms with Crippen molar-refractivity contribution in [3.05, 3.63) is 28.2 Å². The van der Waals surface area contributed by atoms with Gasteiger partial charge in [0, 0.05) is 19.2 Å². The Morgan fingerprint density at radius 3 is 2.32 bits per heavy atom. The molecule has 2 fully saturated rings. The van der Waals surface area contributed by atoms with Crippen molar-refractivity contribution in [3.63, 3.8) is 0 Å². The summed E-state index contributed by atoms with van der Waals surface area (Å²) in [5.41, 5.74) is 0. The second kappa shape index (κ2) is 7.40. The van der Waals surface area contributed by atoms with Gasteiger partial charge in [-0.05, 0) is 37.8 Å². The molecule has 2 aliphatic heterocycles. The highest BCUT2D eigenvalue weighted by molar-refractivity contribution is 7.89. The molecular formula is C16H20Cl2N2O4S. The number of hydrogen-bond acceptors (Lipinski definition) is 4. The van der Waals surface area contributed by atoms with Gasteiger partial charge in [0.1, 0.15) is 4.90 Å². The molecule has 1 amide bonds. The third kappa shape index (κ3) is 3.80. The van der Waals surface area contributed by atoms with Gasteiger partial charge in [0.15, 0.2) is 0 Å². The van der Waals surface area contributed by atoms with Crippen molar-refractivity contribution in [1.82, 2.24) is 9.62 Å². The smallest absolute Gasteiger partial charge is 0.244 e. The molecule has 2 saturated heterocycles. The van der Waals surface area contributed by atoms with E-state index in [-0.39, 0.29) is 45.6 Å². The number of methoxy groups -OCH3 is 1. The van der Waals surface area contributed by atoms with E-state index in [2.05, 4.69) is 4.72 Å². The Kier molecular flexibility index (Phi) is 5.60. The monoisotopic (exact) mass is 406 g/mol. The van der Waals surface area contributed by atoms with Crippen LogP contribution in [-0.2, 0) is 19.6 Å². The Morgan fingerprint density at radius 1 is 1.24 bits per heavy atom. The molecule has 2 bridgehead atoms. The maximum absolute atomic E-state index is 12.6. The van der Waals surface area contributed by atoms with E-state index in [1.165, 1.54) is 12.1 Å². The number of rotatable bonds is 5. The summed E-state index contributed by atoms with van der Waals surface area (Å²) in [6.07, 6.45) is 3.61. The lowest BCUT2D eigenvalue weighted by Gasteiger charge is -2.38. The molecule has 2 atom stereocenters. The van der Waals surface area contributed by atoms with Gasteiger partial charge in [0.05, 0.1) is 22.7 Å². The quantitative estimate of drug-likeness (QED) is 0.814. The Morgan fingerprint density at radius 2 is 1.80 bits per heavy atom. The lowest BCUT2D eigenvalue weighted by atomic mass is 9.99. The van der Waals surface area contributed by atoms with E-state index >= 15 is 0 Å². The SMILES string of the molecule is COC1CC2CCC(C1)N2C(=O)CNS(=O)(=O)c1c(Cl)cccc1Cl. The molecule has 138 valence electrons. The molecule has 0 aromatic heterocycles. The molecule has 6 nitrogen and oxygen atoms in total. The van der Waals surface area contributed by atoms with Crippen LogP contribution in [0.15, 0.2) is 23.1 Å². The molecule has 0 aliphatic carbocycles. The topological polar surface area (TPSA) is 75.7 Å². The molecule has 2 heterocycles. The Hall–Kier alpha value is -0.860. The van der Waals surface area contributed by atoms with E-state index in [4.69, 9.17) is 27.9 Å². The molecule has 2 aliphatic rings. The molecule has 3 rings (SSSR count). The number of amides is 1. The highest BCUT2D eigenvalue weighted by atomic mass is 35.5. The molecule has 0 saturated carbocycles. The van der Waals surface area contributed by atoms with Gasteiger partial charge in [-0.25, -0.2) is 13.1 Å². The molecule has 0 spiro atoms. The van der Waals surface area contributed by atoms with Crippen LogP contribution in [0, 0.1) is 0 Å². The van der Waals surface area contributed by atoms with Crippen molar-refractivity contribution >= 4 is 39.1 Å². The second-order valence-electron chi connectivity index (χ2n) is 6.39. The molecule has 1 aromatic rings. The summed E-state index contributed by atoms with van der Waals surface area (Å²) in [5.74, 6) is -0.228. The van der Waals surface area contributed by atoms with Crippen LogP contribution in [0.1, 0.15) is 25.7 Å². The maximum atomic E-state index is 12.6. The summed E-state index contributed by atoms with van der Waals surface area (Å²) in [6, 6.07) is 4.68. The second-order valence-corrected chi connectivity index (χ2v) is 8.91. The molecule has 1 N–H and O–H groups in total. The lowest BCUT2D eigenvalue weighted by molar-refractivity contribution is -0.136. The zero-order valence-electron chi connectivity index (χ0n) is 13.7. The number of nitrogens with zero attached hydrogens (tertiary/aromatic N) is 1. The number of hydrogen-bond donors (Lipinski definition) is 1. The minimum absolute atomic E-state index is 0.0217. The summed E-state index contributed by atoms with van der Waals surface area (Å²) in [7, 11) is -2.29. The first kappa shape index (κ1) is 18.9. The van der Waals surface area contributed by atoms with Crippen LogP contribution < -0.4 is 4.72 Å². The van der Waals surface area contributed by atoms with Crippen LogP contribution in [0.5, 0.6) is 0 Å². The lowest BCUT2D eigenvalue weighted by Crippen LogP contribution is -2.51. The first-order chi connectivity index (χ1) is 11.8. The molecule has 0 radical (unpaired) electrons. The number of fused-ring (bicyclic) bond motifs is 2. The van der Waals surface area contributed by atoms with Crippen molar-refractivity contribution in [2.24, 2.45) is 0 Å². The van der Waals surface area contributed by atoms with Gasteiger partial charge in [-0.1, -0.05) is 29.3 Å². The number of carbonyl (C=O) groups excluding carboxylic acids is 1. The first-order valence-electron chi connectivity index (χ1n) is 8.11. The van der Waals surface area contributed by atoms with Gasteiger partial charge < -0.3 is 9.64 Å². The Bertz CT molecular complexity index is 737. The van der Waals surface area contributed by atoms with Gasteiger partial charge in [0.25, 0.3) is 0 Å². The third-order valence-electron chi connectivity index (χ3n) is 4.91. The van der Waals surface area contributed by atoms with Gasteiger partial charge in [0.2, 0.25) is 15.9 Å². The van der Waals surface area contributed by atoms with Crippen molar-refractivity contribution in [3.8, 4) is 0 Å². The minimum atomic E-state index is -3.97. The number of benzene rings is 1. The normalized spacial score (nSPS) is 26.0. The molecular weight excluding hydrogens is 387 g/mol. The van der Waals surface area contributed by atoms with Crippen molar-refractivity contribution in [2.75, 3.05) is 13.7 Å². The average Bonchev–Trinajstić information content (AvgIpc) is 2.82. The van der Waals surface area contributed by atoms with Crippen LogP contribution >= 0.6 is 23.2 Å². The largest absolute Gasteiger partial charge is 0.381 e. The standard InChI is InChI=1S/C16H20Cl2N2O4S/c1-24-12-7-10-5-6-11(8-12)20(10)15(21)9-19-25(22,23)16-13(17)3-2-4-14(16)18/h2-4,10-12,19H,5-9H2,1H3. The predicted octanol–water partition coefficient (Wildman–Crippen LogP) is 2.44. The summed E-state index contributed by atoms with van der Waals surface area (Å²) in [6.45, 7) is -0.311. The fraction of sp³-hybridized carbons (Fsp3) is 0.562. The molecule has 9 heteroatoms. The van der Waals surface area contributed by atoms with Crippen molar-refractivity contribution in [1.29, 1.82) is 0 Å².